The van der Waals surface area contributed by atoms with Crippen LogP contribution in [0.3, 0.4) is 0 Å². The van der Waals surface area contributed by atoms with Gasteiger partial charge in [0.25, 0.3) is 0 Å². The number of likely N-dealkylation sites (N-methyl/N-ethyl adjacent to an activating group) is 1. The van der Waals surface area contributed by atoms with E-state index in [4.69, 9.17) is 4.74 Å². The highest BCUT2D eigenvalue weighted by atomic mass is 31.2. The average Bonchev–Trinajstić information content (AvgIpc) is 2.33. The third kappa shape index (κ3) is 7.04. The zero-order chi connectivity index (χ0) is 17.0. The number of rotatable bonds is 6. The van der Waals surface area contributed by atoms with Crippen LogP contribution >= 0.6 is 7.82 Å². The predicted molar refractivity (Wildman–Crippen MR) is 77.1 cm³/mol. The summed E-state index contributed by atoms with van der Waals surface area (Å²) in [6.07, 6.45) is 0.359. The maximum atomic E-state index is 12.0. The monoisotopic (exact) mass is 329 g/mol. The second kappa shape index (κ2) is 7.24. The van der Waals surface area contributed by atoms with Crippen LogP contribution < -0.4 is 19.6 Å². The smallest absolute Gasteiger partial charge is 0.323 e. The van der Waals surface area contributed by atoms with Crippen LogP contribution in [0.4, 0.5) is 0 Å². The van der Waals surface area contributed by atoms with Gasteiger partial charge in [0.05, 0.1) is 0 Å². The summed E-state index contributed by atoms with van der Waals surface area (Å²) < 4.78 is 20.1. The van der Waals surface area contributed by atoms with Gasteiger partial charge in [-0.25, -0.2) is 0 Å². The van der Waals surface area contributed by atoms with Crippen LogP contribution in [-0.2, 0) is 20.5 Å². The third-order valence-corrected chi connectivity index (χ3v) is 3.05. The minimum absolute atomic E-state index is 0.0599. The molecule has 1 aromatic rings. The maximum absolute atomic E-state index is 12.0. The SMILES string of the molecule is CNC(Cc1ccc(OP(=O)([O-])[O-])cc1)C(=O)OC(C)(C)C. The molecule has 22 heavy (non-hydrogen) atoms. The van der Waals surface area contributed by atoms with Gasteiger partial charge in [-0.2, -0.15) is 0 Å². The molecular weight excluding hydrogens is 309 g/mol. The Morgan fingerprint density at radius 2 is 1.82 bits per heavy atom. The van der Waals surface area contributed by atoms with Crippen LogP contribution in [-0.4, -0.2) is 24.7 Å². The third-order valence-electron chi connectivity index (χ3n) is 2.62. The predicted octanol–water partition coefficient (Wildman–Crippen LogP) is 0.366. The van der Waals surface area contributed by atoms with E-state index >= 15 is 0 Å². The Hall–Kier alpha value is -1.40. The van der Waals surface area contributed by atoms with Gasteiger partial charge < -0.3 is 28.9 Å². The number of carbonyl (C=O) groups is 1. The summed E-state index contributed by atoms with van der Waals surface area (Å²) >= 11 is 0. The molecule has 0 aromatic heterocycles. The van der Waals surface area contributed by atoms with Crippen LogP contribution in [0.15, 0.2) is 24.3 Å². The van der Waals surface area contributed by atoms with Crippen molar-refractivity contribution in [3.8, 4) is 5.75 Å². The number of benzene rings is 1. The first-order valence-electron chi connectivity index (χ1n) is 6.71. The van der Waals surface area contributed by atoms with Crippen LogP contribution in [0.5, 0.6) is 5.75 Å². The molecule has 124 valence electrons. The Balaban J connectivity index is 2.72. The summed E-state index contributed by atoms with van der Waals surface area (Å²) in [5, 5.41) is 2.88. The molecule has 8 heteroatoms. The Morgan fingerprint density at radius 1 is 1.27 bits per heavy atom. The van der Waals surface area contributed by atoms with E-state index in [9.17, 15) is 19.1 Å². The maximum Gasteiger partial charge on any atom is 0.323 e. The first kappa shape index (κ1) is 18.6. The van der Waals surface area contributed by atoms with Crippen LogP contribution in [0.2, 0.25) is 0 Å². The molecule has 0 heterocycles. The lowest BCUT2D eigenvalue weighted by atomic mass is 10.1. The van der Waals surface area contributed by atoms with Crippen molar-refractivity contribution in [3.05, 3.63) is 29.8 Å². The fourth-order valence-electron chi connectivity index (χ4n) is 1.73. The summed E-state index contributed by atoms with van der Waals surface area (Å²) in [6, 6.07) is 5.36. The Morgan fingerprint density at radius 3 is 2.23 bits per heavy atom. The summed E-state index contributed by atoms with van der Waals surface area (Å²) in [5.41, 5.74) is 0.192. The van der Waals surface area contributed by atoms with Gasteiger partial charge in [0, 0.05) is 0 Å². The van der Waals surface area contributed by atoms with Crippen molar-refractivity contribution < 1.29 is 28.4 Å². The topological polar surface area (TPSA) is 111 Å². The fraction of sp³-hybridized carbons (Fsp3) is 0.500. The Labute approximate surface area is 129 Å². The molecule has 1 N–H and O–H groups in total. The van der Waals surface area contributed by atoms with Crippen LogP contribution in [0.1, 0.15) is 26.3 Å². The number of phosphoric ester groups is 1. The number of hydrogen-bond donors (Lipinski definition) is 1. The highest BCUT2D eigenvalue weighted by Gasteiger charge is 2.24. The molecule has 1 aromatic carbocycles. The van der Waals surface area contributed by atoms with Gasteiger partial charge >= 0.3 is 5.97 Å². The van der Waals surface area contributed by atoms with E-state index in [-0.39, 0.29) is 11.7 Å². The molecular formula is C14H20NO6P-2. The van der Waals surface area contributed by atoms with Gasteiger partial charge in [0.1, 0.15) is 25.2 Å². The minimum atomic E-state index is -5.06. The largest absolute Gasteiger partial charge is 0.780 e. The zero-order valence-electron chi connectivity index (χ0n) is 13.0. The number of nitrogens with one attached hydrogen (secondary N) is 1. The van der Waals surface area contributed by atoms with Gasteiger partial charge in [-0.3, -0.25) is 4.79 Å². The molecule has 1 atom stereocenters. The van der Waals surface area contributed by atoms with Crippen molar-refractivity contribution in [1.29, 1.82) is 0 Å². The molecule has 0 radical (unpaired) electrons. The van der Waals surface area contributed by atoms with Crippen LogP contribution in [0.25, 0.3) is 0 Å². The molecule has 0 bridgehead atoms. The standard InChI is InChI=1S/C14H22NO6P/c1-14(2,3)20-13(16)12(15-4)9-10-5-7-11(8-6-10)21-22(17,18)19/h5-8,12,15H,9H2,1-4H3,(H2,17,18,19)/p-2. The van der Waals surface area contributed by atoms with Crippen molar-refractivity contribution in [3.63, 3.8) is 0 Å². The molecule has 1 unspecified atom stereocenters. The molecule has 0 saturated heterocycles. The highest BCUT2D eigenvalue weighted by molar-refractivity contribution is 7.43. The van der Waals surface area contributed by atoms with Gasteiger partial charge in [0.2, 0.25) is 0 Å². The average molecular weight is 329 g/mol. The van der Waals surface area contributed by atoms with Gasteiger partial charge in [-0.15, -0.1) is 0 Å². The minimum Gasteiger partial charge on any atom is -0.780 e. The number of esters is 1. The van der Waals surface area contributed by atoms with E-state index in [1.54, 1.807) is 40.0 Å². The summed E-state index contributed by atoms with van der Waals surface area (Å²) in [4.78, 5) is 33.0. The molecule has 0 amide bonds. The van der Waals surface area contributed by atoms with E-state index in [1.807, 2.05) is 0 Å². The molecule has 1 rings (SSSR count). The number of ether oxygens (including phenoxy) is 1. The van der Waals surface area contributed by atoms with E-state index in [0.29, 0.717) is 6.42 Å². The van der Waals surface area contributed by atoms with Crippen molar-refractivity contribution >= 4 is 13.8 Å². The van der Waals surface area contributed by atoms with Crippen molar-refractivity contribution in [1.82, 2.24) is 5.32 Å². The molecule has 0 aliphatic heterocycles. The Bertz CT molecular complexity index is 545. The van der Waals surface area contributed by atoms with E-state index in [0.717, 1.165) is 5.56 Å². The molecule has 7 nitrogen and oxygen atoms in total. The lowest BCUT2D eigenvalue weighted by Gasteiger charge is -2.29. The molecule has 0 fully saturated rings. The van der Waals surface area contributed by atoms with Crippen LogP contribution in [0, 0.1) is 0 Å². The number of phosphoric acid groups is 1. The summed E-state index contributed by atoms with van der Waals surface area (Å²) in [6.45, 7) is 5.36. The summed E-state index contributed by atoms with van der Waals surface area (Å²) in [5.74, 6) is -0.436. The normalized spacial score (nSPS) is 13.5. The second-order valence-corrected chi connectivity index (χ2v) is 6.84. The lowest BCUT2D eigenvalue weighted by Crippen LogP contribution is -2.41. The number of carbonyl (C=O) groups excluding carboxylic acids is 1. The van der Waals surface area contributed by atoms with E-state index in [2.05, 4.69) is 9.84 Å². The Kier molecular flexibility index (Phi) is 6.14. The van der Waals surface area contributed by atoms with Crippen molar-refractivity contribution in [2.75, 3.05) is 7.05 Å². The molecule has 0 spiro atoms. The first-order valence-corrected chi connectivity index (χ1v) is 8.17. The quantitative estimate of drug-likeness (QED) is 0.593. The summed E-state index contributed by atoms with van der Waals surface area (Å²) in [7, 11) is -3.41. The van der Waals surface area contributed by atoms with Crippen molar-refractivity contribution in [2.45, 2.75) is 38.8 Å². The first-order chi connectivity index (χ1) is 10.00. The van der Waals surface area contributed by atoms with Gasteiger partial charge in [-0.1, -0.05) is 12.1 Å². The van der Waals surface area contributed by atoms with E-state index < -0.39 is 19.5 Å². The second-order valence-electron chi connectivity index (χ2n) is 5.76. The zero-order valence-corrected chi connectivity index (χ0v) is 13.9. The lowest BCUT2D eigenvalue weighted by molar-refractivity contribution is -0.333. The highest BCUT2D eigenvalue weighted by Crippen LogP contribution is 2.29. The van der Waals surface area contributed by atoms with E-state index in [1.165, 1.54) is 12.1 Å². The van der Waals surface area contributed by atoms with Gasteiger partial charge in [-0.05, 0) is 51.9 Å². The molecule has 0 aliphatic rings. The van der Waals surface area contributed by atoms with Gasteiger partial charge in [0.15, 0.2) is 0 Å². The molecule has 0 aliphatic carbocycles. The van der Waals surface area contributed by atoms with Crippen molar-refractivity contribution in [2.24, 2.45) is 0 Å². The fourth-order valence-corrected chi connectivity index (χ4v) is 2.11. The molecule has 0 saturated carbocycles. The number of hydrogen-bond acceptors (Lipinski definition) is 7.